The molecule has 1 rings (SSSR count). The maximum absolute atomic E-state index is 8.72. The van der Waals surface area contributed by atoms with E-state index in [1.807, 2.05) is 0 Å². The molecule has 3 nitrogen and oxygen atoms in total. The summed E-state index contributed by atoms with van der Waals surface area (Å²) in [5, 5.41) is 20.0. The third-order valence-corrected chi connectivity index (χ3v) is 1.16. The molecule has 1 aliphatic rings. The van der Waals surface area contributed by atoms with Crippen LogP contribution in [0.2, 0.25) is 0 Å². The van der Waals surface area contributed by atoms with Crippen molar-refractivity contribution in [2.24, 2.45) is 0 Å². The van der Waals surface area contributed by atoms with E-state index in [0.717, 1.165) is 0 Å². The van der Waals surface area contributed by atoms with Crippen LogP contribution in [0.5, 0.6) is 0 Å². The Kier molecular flexibility index (Phi) is 1.39. The smallest absolute Gasteiger partial charge is 0.110 e. The van der Waals surface area contributed by atoms with Crippen molar-refractivity contribution in [3.05, 3.63) is 12.0 Å². The van der Waals surface area contributed by atoms with Gasteiger partial charge in [0.25, 0.3) is 0 Å². The molecule has 8 heavy (non-hydrogen) atoms. The van der Waals surface area contributed by atoms with Crippen LogP contribution in [-0.4, -0.2) is 22.9 Å². The predicted molar refractivity (Wildman–Crippen MR) is 29.3 cm³/mol. The van der Waals surface area contributed by atoms with Crippen LogP contribution < -0.4 is 5.32 Å². The third-order valence-electron chi connectivity index (χ3n) is 1.16. The van der Waals surface area contributed by atoms with Crippen molar-refractivity contribution in [3.8, 4) is 0 Å². The summed E-state index contributed by atoms with van der Waals surface area (Å²) in [6.07, 6.45) is 2.07. The molecule has 0 aromatic heterocycles. The summed E-state index contributed by atoms with van der Waals surface area (Å²) < 4.78 is 0. The number of hydrogen-bond donors (Lipinski definition) is 3. The molecule has 46 valence electrons. The van der Waals surface area contributed by atoms with E-state index < -0.39 is 0 Å². The van der Waals surface area contributed by atoms with E-state index in [4.69, 9.17) is 10.2 Å². The SMILES string of the molecule is OCC1CC(O)=CN1. The molecule has 0 aliphatic carbocycles. The Morgan fingerprint density at radius 2 is 2.62 bits per heavy atom. The topological polar surface area (TPSA) is 52.5 Å². The molecule has 0 saturated carbocycles. The molecule has 0 bridgehead atoms. The lowest BCUT2D eigenvalue weighted by Crippen LogP contribution is -2.22. The fourth-order valence-corrected chi connectivity index (χ4v) is 0.702. The molecular weight excluding hydrogens is 106 g/mol. The number of aliphatic hydroxyl groups excluding tert-OH is 2. The predicted octanol–water partition coefficient (Wildman–Crippen LogP) is -0.260. The normalized spacial score (nSPS) is 27.1. The summed E-state index contributed by atoms with van der Waals surface area (Å²) in [4.78, 5) is 0. The quantitative estimate of drug-likeness (QED) is 0.441. The fraction of sp³-hybridized carbons (Fsp3) is 0.600. The van der Waals surface area contributed by atoms with Gasteiger partial charge in [0.05, 0.1) is 12.6 Å². The highest BCUT2D eigenvalue weighted by molar-refractivity contribution is 5.01. The van der Waals surface area contributed by atoms with Gasteiger partial charge >= 0.3 is 0 Å². The zero-order chi connectivity index (χ0) is 5.98. The maximum atomic E-state index is 8.72. The number of rotatable bonds is 1. The van der Waals surface area contributed by atoms with Gasteiger partial charge in [0, 0.05) is 12.6 Å². The minimum Gasteiger partial charge on any atom is -0.511 e. The molecule has 0 aromatic carbocycles. The number of hydrogen-bond acceptors (Lipinski definition) is 3. The molecule has 1 atom stereocenters. The van der Waals surface area contributed by atoms with Gasteiger partial charge in [0.15, 0.2) is 0 Å². The highest BCUT2D eigenvalue weighted by atomic mass is 16.3. The Morgan fingerprint density at radius 1 is 1.88 bits per heavy atom. The number of nitrogens with one attached hydrogen (secondary N) is 1. The first-order valence-electron chi connectivity index (χ1n) is 2.58. The van der Waals surface area contributed by atoms with E-state index >= 15 is 0 Å². The summed E-state index contributed by atoms with van der Waals surface area (Å²) in [7, 11) is 0. The largest absolute Gasteiger partial charge is 0.511 e. The molecule has 0 spiro atoms. The highest BCUT2D eigenvalue weighted by Gasteiger charge is 2.12. The molecule has 1 aliphatic heterocycles. The second kappa shape index (κ2) is 2.05. The molecular formula is C5H9NO2. The molecule has 0 fully saturated rings. The average molecular weight is 115 g/mol. The van der Waals surface area contributed by atoms with E-state index in [-0.39, 0.29) is 12.6 Å². The van der Waals surface area contributed by atoms with Crippen LogP contribution in [0.4, 0.5) is 0 Å². The zero-order valence-electron chi connectivity index (χ0n) is 4.46. The fourth-order valence-electron chi connectivity index (χ4n) is 0.702. The molecule has 0 radical (unpaired) electrons. The Balaban J connectivity index is 2.32. The van der Waals surface area contributed by atoms with Crippen LogP contribution in [0.3, 0.4) is 0 Å². The first-order valence-corrected chi connectivity index (χ1v) is 2.58. The molecule has 0 saturated heterocycles. The first kappa shape index (κ1) is 5.44. The van der Waals surface area contributed by atoms with Crippen LogP contribution in [0.15, 0.2) is 12.0 Å². The molecule has 1 unspecified atom stereocenters. The van der Waals surface area contributed by atoms with Gasteiger partial charge in [-0.3, -0.25) is 0 Å². The van der Waals surface area contributed by atoms with Crippen LogP contribution >= 0.6 is 0 Å². The van der Waals surface area contributed by atoms with Crippen LogP contribution in [0, 0.1) is 0 Å². The Hall–Kier alpha value is -0.700. The van der Waals surface area contributed by atoms with Gasteiger partial charge < -0.3 is 15.5 Å². The molecule has 0 aromatic rings. The van der Waals surface area contributed by atoms with Crippen molar-refractivity contribution in [3.63, 3.8) is 0 Å². The van der Waals surface area contributed by atoms with Crippen LogP contribution in [-0.2, 0) is 0 Å². The van der Waals surface area contributed by atoms with Gasteiger partial charge in [-0.25, -0.2) is 0 Å². The van der Waals surface area contributed by atoms with Gasteiger partial charge in [-0.05, 0) is 0 Å². The van der Waals surface area contributed by atoms with Crippen molar-refractivity contribution < 1.29 is 10.2 Å². The monoisotopic (exact) mass is 115 g/mol. The van der Waals surface area contributed by atoms with Crippen LogP contribution in [0.25, 0.3) is 0 Å². The standard InChI is InChI=1S/C5H9NO2/c7-3-4-1-5(8)2-6-4/h2,4,6-8H,1,3H2. The van der Waals surface area contributed by atoms with Crippen molar-refractivity contribution in [2.45, 2.75) is 12.5 Å². The Bertz CT molecular complexity index is 111. The summed E-state index contributed by atoms with van der Waals surface area (Å²) in [5.74, 6) is 0.323. The van der Waals surface area contributed by atoms with Gasteiger partial charge in [-0.15, -0.1) is 0 Å². The Morgan fingerprint density at radius 3 is 2.88 bits per heavy atom. The van der Waals surface area contributed by atoms with Crippen molar-refractivity contribution >= 4 is 0 Å². The lowest BCUT2D eigenvalue weighted by molar-refractivity contribution is 0.250. The third kappa shape index (κ3) is 0.924. The van der Waals surface area contributed by atoms with Crippen LogP contribution in [0.1, 0.15) is 6.42 Å². The molecule has 0 amide bonds. The van der Waals surface area contributed by atoms with E-state index in [1.165, 1.54) is 6.20 Å². The van der Waals surface area contributed by atoms with E-state index in [9.17, 15) is 0 Å². The lowest BCUT2D eigenvalue weighted by Gasteiger charge is -2.03. The van der Waals surface area contributed by atoms with Crippen molar-refractivity contribution in [2.75, 3.05) is 6.61 Å². The van der Waals surface area contributed by atoms with E-state index in [2.05, 4.69) is 5.32 Å². The summed E-state index contributed by atoms with van der Waals surface area (Å²) in [5.41, 5.74) is 0. The summed E-state index contributed by atoms with van der Waals surface area (Å²) in [6.45, 7) is 0.0839. The molecule has 3 heteroatoms. The van der Waals surface area contributed by atoms with Gasteiger partial charge in [-0.1, -0.05) is 0 Å². The second-order valence-corrected chi connectivity index (χ2v) is 1.89. The molecule has 1 heterocycles. The van der Waals surface area contributed by atoms with E-state index in [0.29, 0.717) is 12.2 Å². The second-order valence-electron chi connectivity index (χ2n) is 1.89. The summed E-state index contributed by atoms with van der Waals surface area (Å²) in [6, 6.07) is 0.0370. The zero-order valence-corrected chi connectivity index (χ0v) is 4.46. The maximum Gasteiger partial charge on any atom is 0.110 e. The Labute approximate surface area is 47.6 Å². The lowest BCUT2D eigenvalue weighted by atomic mass is 10.2. The minimum atomic E-state index is 0.0370. The molecule has 3 N–H and O–H groups in total. The van der Waals surface area contributed by atoms with Gasteiger partial charge in [0.1, 0.15) is 5.76 Å². The van der Waals surface area contributed by atoms with Crippen molar-refractivity contribution in [1.82, 2.24) is 5.32 Å². The average Bonchev–Trinajstić information content (AvgIpc) is 2.14. The minimum absolute atomic E-state index is 0.0370. The first-order chi connectivity index (χ1) is 3.83. The summed E-state index contributed by atoms with van der Waals surface area (Å²) >= 11 is 0. The van der Waals surface area contributed by atoms with Gasteiger partial charge in [-0.2, -0.15) is 0 Å². The number of aliphatic hydroxyl groups is 2. The van der Waals surface area contributed by atoms with Gasteiger partial charge in [0.2, 0.25) is 0 Å². The van der Waals surface area contributed by atoms with E-state index in [1.54, 1.807) is 0 Å². The highest BCUT2D eigenvalue weighted by Crippen LogP contribution is 2.06. The van der Waals surface area contributed by atoms with Crippen molar-refractivity contribution in [1.29, 1.82) is 0 Å².